The second-order valence-electron chi connectivity index (χ2n) is 7.04. The van der Waals surface area contributed by atoms with Crippen molar-refractivity contribution in [1.29, 1.82) is 0 Å². The average molecular weight is 334 g/mol. The van der Waals surface area contributed by atoms with E-state index in [9.17, 15) is 4.79 Å². The number of anilines is 1. The summed E-state index contributed by atoms with van der Waals surface area (Å²) in [5.41, 5.74) is 0.223. The van der Waals surface area contributed by atoms with E-state index in [4.69, 9.17) is 0 Å². The van der Waals surface area contributed by atoms with Crippen molar-refractivity contribution in [3.8, 4) is 0 Å². The maximum absolute atomic E-state index is 12.2. The predicted octanol–water partition coefficient (Wildman–Crippen LogP) is 2.82. The Balaban J connectivity index is 1.78. The quantitative estimate of drug-likeness (QED) is 0.628. The van der Waals surface area contributed by atoms with E-state index in [1.165, 1.54) is 12.8 Å². The molecule has 1 atom stereocenters. The molecule has 0 unspecified atom stereocenters. The molecular weight excluding hydrogens is 308 g/mol. The van der Waals surface area contributed by atoms with Crippen molar-refractivity contribution in [2.45, 2.75) is 50.7 Å². The minimum Gasteiger partial charge on any atom is -0.356 e. The van der Waals surface area contributed by atoms with Gasteiger partial charge in [0, 0.05) is 43.7 Å². The standard InChI is InChI=1S/C17H26N4OS/c1-13(2)21-12-17(8-5-15(21)22)7-4-10-20(11-17)14-6-9-18-16(19-14)23-3/h6,9,13H,4-5,7-8,10-12H2,1-3H3/t17-/m1/s1. The van der Waals surface area contributed by atoms with E-state index in [2.05, 4.69) is 33.6 Å². The average Bonchev–Trinajstić information content (AvgIpc) is 2.57. The van der Waals surface area contributed by atoms with E-state index in [-0.39, 0.29) is 11.5 Å². The van der Waals surface area contributed by atoms with Gasteiger partial charge in [-0.2, -0.15) is 0 Å². The Hall–Kier alpha value is -1.30. The van der Waals surface area contributed by atoms with Crippen molar-refractivity contribution in [3.05, 3.63) is 12.3 Å². The number of hydrogen-bond acceptors (Lipinski definition) is 5. The second-order valence-corrected chi connectivity index (χ2v) is 7.82. The van der Waals surface area contributed by atoms with Crippen molar-refractivity contribution in [1.82, 2.24) is 14.9 Å². The van der Waals surface area contributed by atoms with Crippen LogP contribution in [-0.2, 0) is 4.79 Å². The summed E-state index contributed by atoms with van der Waals surface area (Å²) in [5, 5.41) is 0.824. The molecule has 23 heavy (non-hydrogen) atoms. The van der Waals surface area contributed by atoms with Crippen molar-refractivity contribution in [3.63, 3.8) is 0 Å². The lowest BCUT2D eigenvalue weighted by Gasteiger charge is -2.49. The lowest BCUT2D eigenvalue weighted by molar-refractivity contribution is -0.140. The number of nitrogens with zero attached hydrogens (tertiary/aromatic N) is 4. The van der Waals surface area contributed by atoms with Gasteiger partial charge in [-0.05, 0) is 45.4 Å². The van der Waals surface area contributed by atoms with Gasteiger partial charge >= 0.3 is 0 Å². The number of carbonyl (C=O) groups is 1. The van der Waals surface area contributed by atoms with Crippen LogP contribution in [0, 0.1) is 5.41 Å². The molecule has 0 N–H and O–H groups in total. The van der Waals surface area contributed by atoms with Gasteiger partial charge in [-0.15, -0.1) is 0 Å². The van der Waals surface area contributed by atoms with Crippen LogP contribution in [0.5, 0.6) is 0 Å². The van der Waals surface area contributed by atoms with Crippen LogP contribution in [0.2, 0.25) is 0 Å². The zero-order valence-electron chi connectivity index (χ0n) is 14.3. The van der Waals surface area contributed by atoms with Gasteiger partial charge in [0.05, 0.1) is 0 Å². The van der Waals surface area contributed by atoms with E-state index in [0.29, 0.717) is 12.3 Å². The van der Waals surface area contributed by atoms with Gasteiger partial charge < -0.3 is 9.80 Å². The van der Waals surface area contributed by atoms with Gasteiger partial charge in [-0.1, -0.05) is 11.8 Å². The molecule has 3 rings (SSSR count). The lowest BCUT2D eigenvalue weighted by Crippen LogP contribution is -2.55. The van der Waals surface area contributed by atoms with E-state index < -0.39 is 0 Å². The molecular formula is C17H26N4OS. The van der Waals surface area contributed by atoms with Crippen LogP contribution < -0.4 is 4.90 Å². The highest BCUT2D eigenvalue weighted by atomic mass is 32.2. The van der Waals surface area contributed by atoms with E-state index >= 15 is 0 Å². The Kier molecular flexibility index (Phi) is 4.80. The zero-order valence-corrected chi connectivity index (χ0v) is 15.1. The molecule has 6 heteroatoms. The highest BCUT2D eigenvalue weighted by Gasteiger charge is 2.42. The van der Waals surface area contributed by atoms with Crippen LogP contribution >= 0.6 is 11.8 Å². The summed E-state index contributed by atoms with van der Waals surface area (Å²) >= 11 is 1.58. The second kappa shape index (κ2) is 6.67. The van der Waals surface area contributed by atoms with Gasteiger partial charge in [0.2, 0.25) is 5.91 Å². The smallest absolute Gasteiger partial charge is 0.222 e. The molecule has 126 valence electrons. The summed E-state index contributed by atoms with van der Waals surface area (Å²) in [4.78, 5) is 25.6. The fourth-order valence-corrected chi connectivity index (χ4v) is 4.21. The van der Waals surface area contributed by atoms with E-state index in [1.54, 1.807) is 11.8 Å². The number of rotatable bonds is 3. The first-order chi connectivity index (χ1) is 11.0. The Morgan fingerprint density at radius 3 is 2.87 bits per heavy atom. The molecule has 0 bridgehead atoms. The predicted molar refractivity (Wildman–Crippen MR) is 93.8 cm³/mol. The summed E-state index contributed by atoms with van der Waals surface area (Å²) in [6, 6.07) is 2.30. The summed E-state index contributed by atoms with van der Waals surface area (Å²) in [5.74, 6) is 1.34. The highest BCUT2D eigenvalue weighted by Crippen LogP contribution is 2.40. The van der Waals surface area contributed by atoms with Crippen LogP contribution in [0.15, 0.2) is 17.4 Å². The number of hydrogen-bond donors (Lipinski definition) is 0. The number of aromatic nitrogens is 2. The summed E-state index contributed by atoms with van der Waals surface area (Å²) < 4.78 is 0. The number of amides is 1. The third-order valence-corrected chi connectivity index (χ3v) is 5.67. The summed E-state index contributed by atoms with van der Waals surface area (Å²) in [6.07, 6.45) is 7.92. The van der Waals surface area contributed by atoms with Gasteiger partial charge in [-0.3, -0.25) is 4.79 Å². The number of likely N-dealkylation sites (tertiary alicyclic amines) is 1. The van der Waals surface area contributed by atoms with Crippen molar-refractivity contribution < 1.29 is 4.79 Å². The highest BCUT2D eigenvalue weighted by molar-refractivity contribution is 7.98. The van der Waals surface area contributed by atoms with Crippen LogP contribution in [0.1, 0.15) is 39.5 Å². The number of thioether (sulfide) groups is 1. The van der Waals surface area contributed by atoms with Crippen LogP contribution in [0.3, 0.4) is 0 Å². The monoisotopic (exact) mass is 334 g/mol. The fraction of sp³-hybridized carbons (Fsp3) is 0.706. The molecule has 2 aliphatic heterocycles. The minimum absolute atomic E-state index is 0.223. The molecule has 2 fully saturated rings. The SMILES string of the molecule is CSc1nccc(N2CCC[C@@]3(CCC(=O)N(C(C)C)C3)C2)n1. The van der Waals surface area contributed by atoms with Crippen molar-refractivity contribution in [2.24, 2.45) is 5.41 Å². The minimum atomic E-state index is 0.223. The third-order valence-electron chi connectivity index (χ3n) is 5.11. The van der Waals surface area contributed by atoms with Gasteiger partial charge in [0.1, 0.15) is 5.82 Å². The first-order valence-corrected chi connectivity index (χ1v) is 9.67. The molecule has 1 aromatic rings. The molecule has 1 aromatic heterocycles. The largest absolute Gasteiger partial charge is 0.356 e. The van der Waals surface area contributed by atoms with Gasteiger partial charge in [-0.25, -0.2) is 9.97 Å². The molecule has 0 aliphatic carbocycles. The van der Waals surface area contributed by atoms with E-state index in [1.807, 2.05) is 18.5 Å². The maximum atomic E-state index is 12.2. The first-order valence-electron chi connectivity index (χ1n) is 8.44. The normalized spacial score (nSPS) is 25.5. The molecule has 0 saturated carbocycles. The van der Waals surface area contributed by atoms with Crippen LogP contribution in [0.25, 0.3) is 0 Å². The summed E-state index contributed by atoms with van der Waals surface area (Å²) in [6.45, 7) is 7.16. The zero-order chi connectivity index (χ0) is 16.4. The Labute approximate surface area is 142 Å². The summed E-state index contributed by atoms with van der Waals surface area (Å²) in [7, 11) is 0. The number of carbonyl (C=O) groups excluding carboxylic acids is 1. The van der Waals surface area contributed by atoms with Gasteiger partial charge in [0.25, 0.3) is 0 Å². The van der Waals surface area contributed by atoms with Crippen LogP contribution in [0.4, 0.5) is 5.82 Å². The molecule has 2 saturated heterocycles. The Morgan fingerprint density at radius 1 is 1.30 bits per heavy atom. The first kappa shape index (κ1) is 16.6. The molecule has 3 heterocycles. The Morgan fingerprint density at radius 2 is 2.13 bits per heavy atom. The number of piperidine rings is 2. The lowest BCUT2D eigenvalue weighted by atomic mass is 9.73. The molecule has 0 radical (unpaired) electrons. The van der Waals surface area contributed by atoms with Gasteiger partial charge in [0.15, 0.2) is 5.16 Å². The van der Waals surface area contributed by atoms with Crippen molar-refractivity contribution in [2.75, 3.05) is 30.8 Å². The Bertz CT molecular complexity index is 579. The molecule has 0 aromatic carbocycles. The molecule has 1 amide bonds. The molecule has 1 spiro atoms. The van der Waals surface area contributed by atoms with E-state index in [0.717, 1.165) is 37.0 Å². The molecule has 2 aliphatic rings. The van der Waals surface area contributed by atoms with Crippen LogP contribution in [-0.4, -0.2) is 52.7 Å². The molecule has 5 nitrogen and oxygen atoms in total. The van der Waals surface area contributed by atoms with Crippen molar-refractivity contribution >= 4 is 23.5 Å². The maximum Gasteiger partial charge on any atom is 0.222 e. The fourth-order valence-electron chi connectivity index (χ4n) is 3.86. The third kappa shape index (κ3) is 3.47. The topological polar surface area (TPSA) is 49.3 Å².